The first-order valence-corrected chi connectivity index (χ1v) is 36.0. The molecule has 0 fully saturated rings. The Bertz CT molecular complexity index is 999. The maximum absolute atomic E-state index is 11.9. The van der Waals surface area contributed by atoms with Gasteiger partial charge in [-0.15, -0.1) is 0 Å². The minimum Gasteiger partial charge on any atom is -0.481 e. The Morgan fingerprint density at radius 3 is 0.597 bits per heavy atom. The molecule has 0 aliphatic heterocycles. The molecule has 5 nitrogen and oxygen atoms in total. The van der Waals surface area contributed by atoms with Gasteiger partial charge in [-0.25, -0.2) is 0 Å². The third-order valence-corrected chi connectivity index (χ3v) is 16.3. The van der Waals surface area contributed by atoms with Gasteiger partial charge in [-0.1, -0.05) is 400 Å². The van der Waals surface area contributed by atoms with E-state index in [0.29, 0.717) is 26.1 Å². The number of unbranched alkanes of at least 4 members (excludes halogenated alkanes) is 58. The lowest BCUT2D eigenvalue weighted by atomic mass is 10.0. The summed E-state index contributed by atoms with van der Waals surface area (Å²) in [5.74, 6) is -0.625. The lowest BCUT2D eigenvalue weighted by Crippen LogP contribution is -2.05. The largest absolute Gasteiger partial charge is 0.481 e. The third-order valence-electron chi connectivity index (χ3n) is 16.3. The van der Waals surface area contributed by atoms with Gasteiger partial charge in [-0.3, -0.25) is 9.59 Å². The van der Waals surface area contributed by atoms with Gasteiger partial charge in [0, 0.05) is 19.4 Å². The third kappa shape index (κ3) is 86.3. The van der Waals surface area contributed by atoms with E-state index in [-0.39, 0.29) is 5.97 Å². The van der Waals surface area contributed by atoms with Crippen LogP contribution in [0.5, 0.6) is 0 Å². The molecule has 0 saturated heterocycles. The van der Waals surface area contributed by atoms with Crippen molar-refractivity contribution >= 4 is 11.9 Å². The molecule has 0 unspecified atom stereocenters. The van der Waals surface area contributed by atoms with E-state index in [1.54, 1.807) is 0 Å². The minimum absolute atomic E-state index is 0.0284. The van der Waals surface area contributed by atoms with Crippen molar-refractivity contribution in [3.05, 3.63) is 0 Å². The van der Waals surface area contributed by atoms with Gasteiger partial charge in [0.05, 0.1) is 6.61 Å². The molecule has 5 heteroatoms. The second-order valence-corrected chi connectivity index (χ2v) is 24.3. The Kier molecular flexibility index (Phi) is 82.3. The SMILES string of the molecule is CCCCCCCCCCCCCCCCCC(=O)O.CCCCCCCCCCCCCCCCCCO.CCCCCCCCCCCCCCCCCCOC(=O)CCCCCCCCCCCCCCCCC. The topological polar surface area (TPSA) is 83.8 Å². The van der Waals surface area contributed by atoms with Crippen molar-refractivity contribution in [3.8, 4) is 0 Å². The Labute approximate surface area is 486 Å². The molecule has 0 spiro atoms. The molecule has 0 aliphatic carbocycles. The van der Waals surface area contributed by atoms with Gasteiger partial charge in [0.1, 0.15) is 0 Å². The summed E-state index contributed by atoms with van der Waals surface area (Å²) in [7, 11) is 0. The highest BCUT2D eigenvalue weighted by Crippen LogP contribution is 2.18. The lowest BCUT2D eigenvalue weighted by Gasteiger charge is -2.06. The van der Waals surface area contributed by atoms with E-state index in [1.807, 2.05) is 0 Å². The van der Waals surface area contributed by atoms with Crippen LogP contribution in [0.4, 0.5) is 0 Å². The van der Waals surface area contributed by atoms with Crippen LogP contribution in [0.15, 0.2) is 0 Å². The molecule has 0 radical (unpaired) electrons. The van der Waals surface area contributed by atoms with E-state index >= 15 is 0 Å². The fourth-order valence-electron chi connectivity index (χ4n) is 10.9. The van der Waals surface area contributed by atoms with Crippen molar-refractivity contribution in [1.29, 1.82) is 0 Å². The molecule has 0 bridgehead atoms. The average molecular weight is 1090 g/mol. The van der Waals surface area contributed by atoms with Crippen LogP contribution >= 0.6 is 0 Å². The first-order chi connectivity index (χ1) is 38.0. The summed E-state index contributed by atoms with van der Waals surface area (Å²) in [4.78, 5) is 22.2. The fraction of sp³-hybridized carbons (Fsp3) is 0.972. The zero-order valence-corrected chi connectivity index (χ0v) is 53.8. The number of carbonyl (C=O) groups is 2. The van der Waals surface area contributed by atoms with Crippen LogP contribution in [0.25, 0.3) is 0 Å². The van der Waals surface area contributed by atoms with Crippen molar-refractivity contribution in [2.45, 2.75) is 439 Å². The molecule has 0 aromatic carbocycles. The number of aliphatic hydroxyl groups is 1. The Morgan fingerprint density at radius 1 is 0.234 bits per heavy atom. The molecule has 0 rings (SSSR count). The van der Waals surface area contributed by atoms with Crippen molar-refractivity contribution in [3.63, 3.8) is 0 Å². The molecule has 2 N–H and O–H groups in total. The van der Waals surface area contributed by atoms with E-state index in [1.165, 1.54) is 366 Å². The molecule has 0 aromatic rings. The van der Waals surface area contributed by atoms with Crippen LogP contribution in [-0.4, -0.2) is 35.4 Å². The van der Waals surface area contributed by atoms with Crippen LogP contribution in [-0.2, 0) is 14.3 Å². The summed E-state index contributed by atoms with van der Waals surface area (Å²) in [5, 5.41) is 17.2. The molecule has 0 amide bonds. The summed E-state index contributed by atoms with van der Waals surface area (Å²) in [6.45, 7) is 10.1. The monoisotopic (exact) mass is 1090 g/mol. The average Bonchev–Trinajstić information content (AvgIpc) is 3.43. The van der Waals surface area contributed by atoms with Crippen LogP contribution in [0.2, 0.25) is 0 Å². The molecule has 77 heavy (non-hydrogen) atoms. The Balaban J connectivity index is -0.00000118. The predicted octanol–water partition coefficient (Wildman–Crippen LogP) is 25.6. The zero-order chi connectivity index (χ0) is 56.5. The van der Waals surface area contributed by atoms with Gasteiger partial charge >= 0.3 is 11.9 Å². The summed E-state index contributed by atoms with van der Waals surface area (Å²) >= 11 is 0. The number of carboxylic acid groups (broad SMARTS) is 1. The number of hydrogen-bond donors (Lipinski definition) is 2. The summed E-state index contributed by atoms with van der Waals surface area (Å²) in [6.07, 6.45) is 85.4. The maximum atomic E-state index is 11.9. The molecular formula is C72H146O5. The van der Waals surface area contributed by atoms with Crippen molar-refractivity contribution in [2.75, 3.05) is 13.2 Å². The molecular weight excluding hydrogens is 945 g/mol. The summed E-state index contributed by atoms with van der Waals surface area (Å²) < 4.78 is 5.44. The second kappa shape index (κ2) is 79.1. The quantitative estimate of drug-likeness (QED) is 0.0468. The second-order valence-electron chi connectivity index (χ2n) is 24.3. The molecule has 464 valence electrons. The van der Waals surface area contributed by atoms with Crippen LogP contribution in [0.1, 0.15) is 439 Å². The number of hydrogen-bond acceptors (Lipinski definition) is 4. The van der Waals surface area contributed by atoms with Crippen molar-refractivity contribution in [1.82, 2.24) is 0 Å². The van der Waals surface area contributed by atoms with Crippen LogP contribution < -0.4 is 0 Å². The van der Waals surface area contributed by atoms with Gasteiger partial charge in [0.25, 0.3) is 0 Å². The summed E-state index contributed by atoms with van der Waals surface area (Å²) in [5.41, 5.74) is 0. The first-order valence-electron chi connectivity index (χ1n) is 36.0. The predicted molar refractivity (Wildman–Crippen MR) is 344 cm³/mol. The van der Waals surface area contributed by atoms with Gasteiger partial charge < -0.3 is 14.9 Å². The van der Waals surface area contributed by atoms with Gasteiger partial charge in [0.15, 0.2) is 0 Å². The fourth-order valence-corrected chi connectivity index (χ4v) is 10.9. The number of carboxylic acids is 1. The maximum Gasteiger partial charge on any atom is 0.305 e. The molecule has 0 atom stereocenters. The molecule has 0 heterocycles. The number of aliphatic hydroxyl groups excluding tert-OH is 1. The smallest absolute Gasteiger partial charge is 0.305 e. The first kappa shape index (κ1) is 80.1. The van der Waals surface area contributed by atoms with Crippen LogP contribution in [0.3, 0.4) is 0 Å². The molecule has 0 aromatic heterocycles. The van der Waals surface area contributed by atoms with Crippen LogP contribution in [0, 0.1) is 0 Å². The lowest BCUT2D eigenvalue weighted by molar-refractivity contribution is -0.144. The van der Waals surface area contributed by atoms with Gasteiger partial charge in [-0.2, -0.15) is 0 Å². The van der Waals surface area contributed by atoms with Crippen molar-refractivity contribution < 1.29 is 24.5 Å². The standard InChI is InChI=1S/C36H72O2.C18H36O2.C18H38O/c1-3-5-7-9-11-13-15-17-19-21-23-25-27-29-31-33-35-38-36(37)34-32-30-28-26-24-22-20-18-16-14-12-10-8-6-4-2;1-2-3-4-5-6-7-8-9-10-11-12-13-14-15-16-17-18(19)20;1-2-3-4-5-6-7-8-9-10-11-12-13-14-15-16-17-18-19/h3-35H2,1-2H3;2-17H2,1H3,(H,19,20);19H,2-18H2,1H3. The number of esters is 1. The van der Waals surface area contributed by atoms with E-state index < -0.39 is 5.97 Å². The minimum atomic E-state index is -0.653. The van der Waals surface area contributed by atoms with Gasteiger partial charge in [-0.05, 0) is 25.7 Å². The zero-order valence-electron chi connectivity index (χ0n) is 53.8. The number of ether oxygens (including phenoxy) is 1. The molecule has 0 saturated carbocycles. The Morgan fingerprint density at radius 2 is 0.403 bits per heavy atom. The van der Waals surface area contributed by atoms with E-state index in [2.05, 4.69) is 27.7 Å². The van der Waals surface area contributed by atoms with E-state index in [4.69, 9.17) is 14.9 Å². The number of rotatable bonds is 65. The van der Waals surface area contributed by atoms with Gasteiger partial charge in [0.2, 0.25) is 0 Å². The van der Waals surface area contributed by atoms with E-state index in [0.717, 1.165) is 32.1 Å². The highest BCUT2D eigenvalue weighted by molar-refractivity contribution is 5.69. The highest BCUT2D eigenvalue weighted by atomic mass is 16.5. The highest BCUT2D eigenvalue weighted by Gasteiger charge is 2.04. The summed E-state index contributed by atoms with van der Waals surface area (Å²) in [6, 6.07) is 0. The Hall–Kier alpha value is -1.10. The molecule has 0 aliphatic rings. The van der Waals surface area contributed by atoms with E-state index in [9.17, 15) is 9.59 Å². The normalized spacial score (nSPS) is 11.1. The number of aliphatic carboxylic acids is 1. The number of carbonyl (C=O) groups excluding carboxylic acids is 1. The van der Waals surface area contributed by atoms with Crippen molar-refractivity contribution in [2.24, 2.45) is 0 Å².